The average Bonchev–Trinajstić information content (AvgIpc) is 3.18. The number of benzene rings is 3. The molecule has 0 amide bonds. The van der Waals surface area contributed by atoms with Crippen LogP contribution in [-0.2, 0) is 13.0 Å². The van der Waals surface area contributed by atoms with E-state index in [1.165, 1.54) is 5.56 Å². The third-order valence-electron chi connectivity index (χ3n) is 5.36. The van der Waals surface area contributed by atoms with Gasteiger partial charge in [-0.3, -0.25) is 0 Å². The van der Waals surface area contributed by atoms with Crippen LogP contribution in [0.15, 0.2) is 72.8 Å². The van der Waals surface area contributed by atoms with Gasteiger partial charge in [-0.25, -0.2) is 4.98 Å². The van der Waals surface area contributed by atoms with Crippen molar-refractivity contribution in [2.75, 3.05) is 13.7 Å². The minimum Gasteiger partial charge on any atom is -0.497 e. The van der Waals surface area contributed by atoms with E-state index in [1.54, 1.807) is 7.11 Å². The molecule has 0 N–H and O–H groups in total. The maximum atomic E-state index is 5.92. The molecule has 154 valence electrons. The van der Waals surface area contributed by atoms with E-state index in [2.05, 4.69) is 60.0 Å². The van der Waals surface area contributed by atoms with Gasteiger partial charge in [-0.15, -0.1) is 0 Å². The van der Waals surface area contributed by atoms with Crippen molar-refractivity contribution in [1.82, 2.24) is 9.55 Å². The summed E-state index contributed by atoms with van der Waals surface area (Å²) >= 11 is 0. The Labute approximate surface area is 178 Å². The summed E-state index contributed by atoms with van der Waals surface area (Å²) < 4.78 is 13.6. The van der Waals surface area contributed by atoms with Crippen molar-refractivity contribution < 1.29 is 9.47 Å². The molecule has 0 unspecified atom stereocenters. The van der Waals surface area contributed by atoms with E-state index in [4.69, 9.17) is 14.5 Å². The summed E-state index contributed by atoms with van der Waals surface area (Å²) in [6.45, 7) is 3.77. The first-order valence-corrected chi connectivity index (χ1v) is 10.6. The predicted molar refractivity (Wildman–Crippen MR) is 122 cm³/mol. The number of ether oxygens (including phenoxy) is 2. The molecule has 4 aromatic rings. The second kappa shape index (κ2) is 9.49. The number of aryl methyl sites for hydroxylation is 2. The van der Waals surface area contributed by atoms with E-state index in [0.29, 0.717) is 6.61 Å². The van der Waals surface area contributed by atoms with Crippen LogP contribution in [-0.4, -0.2) is 23.3 Å². The highest BCUT2D eigenvalue weighted by Crippen LogP contribution is 2.27. The number of fused-ring (bicyclic) bond motifs is 1. The number of unbranched alkanes of at least 4 members (excludes halogenated alkanes) is 1. The van der Waals surface area contributed by atoms with Crippen LogP contribution < -0.4 is 9.47 Å². The second-order valence-corrected chi connectivity index (χ2v) is 7.36. The molecule has 4 nitrogen and oxygen atoms in total. The minimum atomic E-state index is 0.715. The smallest absolute Gasteiger partial charge is 0.141 e. The first-order chi connectivity index (χ1) is 14.8. The Morgan fingerprint density at radius 3 is 2.50 bits per heavy atom. The summed E-state index contributed by atoms with van der Waals surface area (Å²) in [5.41, 5.74) is 4.58. The van der Waals surface area contributed by atoms with Crippen molar-refractivity contribution in [3.63, 3.8) is 0 Å². The molecular weight excluding hydrogens is 372 g/mol. The molecule has 0 aliphatic heterocycles. The minimum absolute atomic E-state index is 0.715. The van der Waals surface area contributed by atoms with Gasteiger partial charge in [0.2, 0.25) is 0 Å². The summed E-state index contributed by atoms with van der Waals surface area (Å²) in [5, 5.41) is 0. The van der Waals surface area contributed by atoms with Crippen molar-refractivity contribution >= 4 is 11.0 Å². The van der Waals surface area contributed by atoms with Gasteiger partial charge in [-0.1, -0.05) is 43.3 Å². The van der Waals surface area contributed by atoms with Crippen LogP contribution in [0.2, 0.25) is 0 Å². The monoisotopic (exact) mass is 400 g/mol. The summed E-state index contributed by atoms with van der Waals surface area (Å²) in [6, 6.07) is 24.8. The van der Waals surface area contributed by atoms with Gasteiger partial charge in [0.25, 0.3) is 0 Å². The summed E-state index contributed by atoms with van der Waals surface area (Å²) in [6.07, 6.45) is 3.05. The molecule has 0 bridgehead atoms. The molecule has 4 heteroatoms. The Balaban J connectivity index is 1.45. The lowest BCUT2D eigenvalue weighted by atomic mass is 10.2. The SMILES string of the molecule is CCc1ccc(OCCCCn2c(-c3cccc(OC)c3)nc3ccccc32)cc1. The highest BCUT2D eigenvalue weighted by Gasteiger charge is 2.12. The molecule has 4 rings (SSSR count). The quantitative estimate of drug-likeness (QED) is 0.317. The lowest BCUT2D eigenvalue weighted by Gasteiger charge is -2.11. The maximum absolute atomic E-state index is 5.92. The molecule has 0 saturated carbocycles. The van der Waals surface area contributed by atoms with Crippen LogP contribution in [0, 0.1) is 0 Å². The predicted octanol–water partition coefficient (Wildman–Crippen LogP) is 6.13. The summed E-state index contributed by atoms with van der Waals surface area (Å²) in [7, 11) is 1.69. The highest BCUT2D eigenvalue weighted by molar-refractivity contribution is 5.80. The first kappa shape index (κ1) is 20.0. The topological polar surface area (TPSA) is 36.3 Å². The van der Waals surface area contributed by atoms with Gasteiger partial charge < -0.3 is 14.0 Å². The van der Waals surface area contributed by atoms with Crippen molar-refractivity contribution in [2.45, 2.75) is 32.7 Å². The van der Waals surface area contributed by atoms with E-state index in [-0.39, 0.29) is 0 Å². The zero-order valence-corrected chi connectivity index (χ0v) is 17.7. The molecule has 0 atom stereocenters. The van der Waals surface area contributed by atoms with Crippen molar-refractivity contribution in [3.8, 4) is 22.9 Å². The van der Waals surface area contributed by atoms with Gasteiger partial charge in [0, 0.05) is 12.1 Å². The molecule has 0 aliphatic carbocycles. The number of imidazole rings is 1. The standard InChI is InChI=1S/C26H28N2O2/c1-3-20-13-15-22(16-14-20)30-18-7-6-17-28-25-12-5-4-11-24(25)27-26(28)21-9-8-10-23(19-21)29-2/h4-5,8-16,19H,3,6-7,17-18H2,1-2H3. The van der Waals surface area contributed by atoms with Crippen LogP contribution in [0.1, 0.15) is 25.3 Å². The van der Waals surface area contributed by atoms with Crippen molar-refractivity contribution in [3.05, 3.63) is 78.4 Å². The fraction of sp³-hybridized carbons (Fsp3) is 0.269. The summed E-state index contributed by atoms with van der Waals surface area (Å²) in [4.78, 5) is 4.90. The molecule has 1 heterocycles. The zero-order chi connectivity index (χ0) is 20.8. The fourth-order valence-corrected chi connectivity index (χ4v) is 3.67. The second-order valence-electron chi connectivity index (χ2n) is 7.36. The number of nitrogens with zero attached hydrogens (tertiary/aromatic N) is 2. The van der Waals surface area contributed by atoms with Crippen LogP contribution in [0.5, 0.6) is 11.5 Å². The van der Waals surface area contributed by atoms with Gasteiger partial charge in [-0.2, -0.15) is 0 Å². The number of hydrogen-bond acceptors (Lipinski definition) is 3. The normalized spacial score (nSPS) is 11.0. The number of hydrogen-bond donors (Lipinski definition) is 0. The lowest BCUT2D eigenvalue weighted by molar-refractivity contribution is 0.303. The van der Waals surface area contributed by atoms with E-state index < -0.39 is 0 Å². The van der Waals surface area contributed by atoms with E-state index >= 15 is 0 Å². The highest BCUT2D eigenvalue weighted by atomic mass is 16.5. The molecule has 0 saturated heterocycles. The van der Waals surface area contributed by atoms with Gasteiger partial charge in [0.05, 0.1) is 24.8 Å². The number of methoxy groups -OCH3 is 1. The fourth-order valence-electron chi connectivity index (χ4n) is 3.67. The van der Waals surface area contributed by atoms with E-state index in [9.17, 15) is 0 Å². The number of rotatable bonds is 9. The van der Waals surface area contributed by atoms with Crippen LogP contribution in [0.4, 0.5) is 0 Å². The molecule has 30 heavy (non-hydrogen) atoms. The van der Waals surface area contributed by atoms with E-state index in [1.807, 2.05) is 24.3 Å². The van der Waals surface area contributed by atoms with Gasteiger partial charge in [-0.05, 0) is 61.2 Å². The molecule has 0 spiro atoms. The van der Waals surface area contributed by atoms with Crippen LogP contribution in [0.25, 0.3) is 22.4 Å². The maximum Gasteiger partial charge on any atom is 0.141 e. The Kier molecular flexibility index (Phi) is 6.33. The molecule has 0 aliphatic rings. The molecule has 0 radical (unpaired) electrons. The molecular formula is C26H28N2O2. The van der Waals surface area contributed by atoms with Gasteiger partial charge in [0.15, 0.2) is 0 Å². The van der Waals surface area contributed by atoms with Gasteiger partial charge in [0.1, 0.15) is 17.3 Å². The average molecular weight is 401 g/mol. The zero-order valence-electron chi connectivity index (χ0n) is 17.7. The number of aromatic nitrogens is 2. The Morgan fingerprint density at radius 1 is 0.867 bits per heavy atom. The third-order valence-corrected chi connectivity index (χ3v) is 5.36. The van der Waals surface area contributed by atoms with E-state index in [0.717, 1.165) is 59.7 Å². The van der Waals surface area contributed by atoms with Crippen LogP contribution >= 0.6 is 0 Å². The molecule has 3 aromatic carbocycles. The Bertz CT molecular complexity index is 1100. The van der Waals surface area contributed by atoms with Crippen LogP contribution in [0.3, 0.4) is 0 Å². The number of para-hydroxylation sites is 2. The Morgan fingerprint density at radius 2 is 1.70 bits per heavy atom. The Hall–Kier alpha value is -3.27. The largest absolute Gasteiger partial charge is 0.497 e. The molecule has 1 aromatic heterocycles. The van der Waals surface area contributed by atoms with Crippen molar-refractivity contribution in [1.29, 1.82) is 0 Å². The first-order valence-electron chi connectivity index (χ1n) is 10.6. The van der Waals surface area contributed by atoms with Crippen molar-refractivity contribution in [2.24, 2.45) is 0 Å². The lowest BCUT2D eigenvalue weighted by Crippen LogP contribution is -2.04. The summed E-state index contributed by atoms with van der Waals surface area (Å²) in [5.74, 6) is 2.76. The molecule has 0 fully saturated rings. The third kappa shape index (κ3) is 4.48. The van der Waals surface area contributed by atoms with Gasteiger partial charge >= 0.3 is 0 Å².